The number of sulfonamides is 2. The smallest absolute Gasteiger partial charge is 0.369 e. The third kappa shape index (κ3) is 6.55. The Morgan fingerprint density at radius 2 is 1.58 bits per heavy atom. The third-order valence-electron chi connectivity index (χ3n) is 5.84. The molecule has 0 N–H and O–H groups in total. The maximum atomic E-state index is 15.2. The van der Waals surface area contributed by atoms with Gasteiger partial charge in [-0.25, -0.2) is 21.2 Å². The fourth-order valence-corrected chi connectivity index (χ4v) is 6.55. The summed E-state index contributed by atoms with van der Waals surface area (Å²) in [5.41, 5.74) is -0.787. The molecule has 36 heavy (non-hydrogen) atoms. The molecule has 0 aromatic heterocycles. The SMILES string of the molecule is CC(C)CN(Cc1ccccc1C(F)(F)F)S(=O)(=O)c1ccc(N2CCN(S(C)(=O)=O)CC2)cc1F. The lowest BCUT2D eigenvalue weighted by molar-refractivity contribution is -0.138. The van der Waals surface area contributed by atoms with Crippen LogP contribution in [-0.4, -0.2) is 64.4 Å². The van der Waals surface area contributed by atoms with Crippen LogP contribution >= 0.6 is 0 Å². The standard InChI is InChI=1S/C23H29F4N3O4S2/c1-17(2)15-30(16-18-6-4-5-7-20(18)23(25,26)27)36(33,34)22-9-8-19(14-21(22)24)28-10-12-29(13-11-28)35(3,31)32/h4-9,14,17H,10-13,15-16H2,1-3H3. The highest BCUT2D eigenvalue weighted by Crippen LogP contribution is 2.34. The minimum absolute atomic E-state index is 0.108. The highest BCUT2D eigenvalue weighted by Gasteiger charge is 2.36. The van der Waals surface area contributed by atoms with Gasteiger partial charge in [-0.3, -0.25) is 0 Å². The molecule has 1 aliphatic heterocycles. The van der Waals surface area contributed by atoms with Gasteiger partial charge in [0.2, 0.25) is 20.0 Å². The molecule has 0 spiro atoms. The number of piperazine rings is 1. The van der Waals surface area contributed by atoms with Crippen molar-refractivity contribution in [1.29, 1.82) is 0 Å². The van der Waals surface area contributed by atoms with Gasteiger partial charge in [-0.15, -0.1) is 0 Å². The molecule has 0 bridgehead atoms. The molecule has 0 aliphatic carbocycles. The van der Waals surface area contributed by atoms with Gasteiger partial charge in [0.05, 0.1) is 11.8 Å². The van der Waals surface area contributed by atoms with Gasteiger partial charge in [0.15, 0.2) is 0 Å². The summed E-state index contributed by atoms with van der Waals surface area (Å²) in [6, 6.07) is 8.29. The van der Waals surface area contributed by atoms with E-state index in [-0.39, 0.29) is 31.1 Å². The molecule has 0 atom stereocenters. The molecule has 0 amide bonds. The second kappa shape index (κ2) is 10.6. The van der Waals surface area contributed by atoms with E-state index in [9.17, 15) is 30.0 Å². The van der Waals surface area contributed by atoms with Crippen molar-refractivity contribution in [3.8, 4) is 0 Å². The maximum absolute atomic E-state index is 15.2. The molecule has 2 aromatic rings. The Bertz CT molecular complexity index is 1290. The third-order valence-corrected chi connectivity index (χ3v) is 8.99. The van der Waals surface area contributed by atoms with Gasteiger partial charge >= 0.3 is 6.18 Å². The van der Waals surface area contributed by atoms with Crippen molar-refractivity contribution in [2.24, 2.45) is 5.92 Å². The zero-order valence-electron chi connectivity index (χ0n) is 20.2. The van der Waals surface area contributed by atoms with Gasteiger partial charge in [-0.05, 0) is 35.7 Å². The molecule has 0 saturated carbocycles. The van der Waals surface area contributed by atoms with E-state index in [1.807, 2.05) is 0 Å². The Kier molecular flexibility index (Phi) is 8.38. The highest BCUT2D eigenvalue weighted by atomic mass is 32.2. The van der Waals surface area contributed by atoms with Gasteiger partial charge in [0.1, 0.15) is 10.7 Å². The summed E-state index contributed by atoms with van der Waals surface area (Å²) in [5.74, 6) is -1.26. The highest BCUT2D eigenvalue weighted by molar-refractivity contribution is 7.89. The molecule has 0 unspecified atom stereocenters. The fourth-order valence-electron chi connectivity index (χ4n) is 4.09. The number of halogens is 4. The van der Waals surface area contributed by atoms with E-state index >= 15 is 4.39 Å². The van der Waals surface area contributed by atoms with E-state index < -0.39 is 49.0 Å². The first-order valence-electron chi connectivity index (χ1n) is 11.3. The maximum Gasteiger partial charge on any atom is 0.416 e. The molecule has 1 fully saturated rings. The molecule has 7 nitrogen and oxygen atoms in total. The lowest BCUT2D eigenvalue weighted by Crippen LogP contribution is -2.48. The minimum Gasteiger partial charge on any atom is -0.369 e. The predicted octanol–water partition coefficient (Wildman–Crippen LogP) is 3.77. The number of benzene rings is 2. The van der Waals surface area contributed by atoms with Gasteiger partial charge in [0.25, 0.3) is 0 Å². The van der Waals surface area contributed by atoms with Crippen LogP contribution in [0.15, 0.2) is 47.4 Å². The Labute approximate surface area is 209 Å². The first kappa shape index (κ1) is 28.4. The zero-order chi connectivity index (χ0) is 26.9. The quantitative estimate of drug-likeness (QED) is 0.467. The monoisotopic (exact) mass is 551 g/mol. The molecular weight excluding hydrogens is 522 g/mol. The van der Waals surface area contributed by atoms with Gasteiger partial charge in [0, 0.05) is 45.0 Å². The summed E-state index contributed by atoms with van der Waals surface area (Å²) in [4.78, 5) is 1.11. The van der Waals surface area contributed by atoms with E-state index in [1.165, 1.54) is 28.6 Å². The van der Waals surface area contributed by atoms with Crippen molar-refractivity contribution in [1.82, 2.24) is 8.61 Å². The molecule has 1 saturated heterocycles. The zero-order valence-corrected chi connectivity index (χ0v) is 21.8. The van der Waals surface area contributed by atoms with E-state index in [4.69, 9.17) is 0 Å². The number of hydrogen-bond acceptors (Lipinski definition) is 5. The number of anilines is 1. The molecule has 13 heteroatoms. The van der Waals surface area contributed by atoms with Crippen LogP contribution in [0.5, 0.6) is 0 Å². The van der Waals surface area contributed by atoms with Crippen molar-refractivity contribution in [3.05, 3.63) is 59.4 Å². The van der Waals surface area contributed by atoms with Crippen molar-refractivity contribution in [3.63, 3.8) is 0 Å². The van der Waals surface area contributed by atoms with E-state index in [0.29, 0.717) is 18.8 Å². The second-order valence-corrected chi connectivity index (χ2v) is 13.0. The Morgan fingerprint density at radius 3 is 2.11 bits per heavy atom. The van der Waals surface area contributed by atoms with Crippen molar-refractivity contribution in [2.75, 3.05) is 43.9 Å². The van der Waals surface area contributed by atoms with Crippen LogP contribution in [0.25, 0.3) is 0 Å². The van der Waals surface area contributed by atoms with Gasteiger partial charge in [-0.1, -0.05) is 32.0 Å². The molecular formula is C23H29F4N3O4S2. The molecule has 1 aliphatic rings. The second-order valence-electron chi connectivity index (χ2n) is 9.11. The molecule has 0 radical (unpaired) electrons. The van der Waals surface area contributed by atoms with Crippen LogP contribution in [0, 0.1) is 11.7 Å². The number of hydrogen-bond donors (Lipinski definition) is 0. The topological polar surface area (TPSA) is 78.0 Å². The minimum atomic E-state index is -4.67. The summed E-state index contributed by atoms with van der Waals surface area (Å²) >= 11 is 0. The molecule has 1 heterocycles. The van der Waals surface area contributed by atoms with Gasteiger partial charge in [-0.2, -0.15) is 21.8 Å². The predicted molar refractivity (Wildman–Crippen MR) is 129 cm³/mol. The first-order valence-corrected chi connectivity index (χ1v) is 14.5. The summed E-state index contributed by atoms with van der Waals surface area (Å²) in [7, 11) is -7.82. The number of alkyl halides is 3. The van der Waals surface area contributed by atoms with Crippen molar-refractivity contribution < 1.29 is 34.4 Å². The summed E-state index contributed by atoms with van der Waals surface area (Å²) < 4.78 is 108. The summed E-state index contributed by atoms with van der Waals surface area (Å²) in [6.07, 6.45) is -3.56. The normalized spacial score (nSPS) is 16.2. The van der Waals surface area contributed by atoms with Crippen LogP contribution in [0.4, 0.5) is 23.2 Å². The average molecular weight is 552 g/mol. The van der Waals surface area contributed by atoms with Crippen molar-refractivity contribution in [2.45, 2.75) is 31.5 Å². The average Bonchev–Trinajstić information content (AvgIpc) is 2.77. The van der Waals surface area contributed by atoms with E-state index in [0.717, 1.165) is 28.8 Å². The van der Waals surface area contributed by atoms with Gasteiger partial charge < -0.3 is 4.90 Å². The van der Waals surface area contributed by atoms with E-state index in [2.05, 4.69) is 0 Å². The first-order chi connectivity index (χ1) is 16.6. The number of rotatable bonds is 8. The van der Waals surface area contributed by atoms with Crippen LogP contribution in [0.2, 0.25) is 0 Å². The Hall–Kier alpha value is -2.22. The molecule has 2 aromatic carbocycles. The lowest BCUT2D eigenvalue weighted by atomic mass is 10.1. The Balaban J connectivity index is 1.89. The van der Waals surface area contributed by atoms with Crippen LogP contribution in [-0.2, 0) is 32.8 Å². The lowest BCUT2D eigenvalue weighted by Gasteiger charge is -2.35. The summed E-state index contributed by atoms with van der Waals surface area (Å²) in [5, 5.41) is 0. The fraction of sp³-hybridized carbons (Fsp3) is 0.478. The van der Waals surface area contributed by atoms with Crippen LogP contribution in [0.3, 0.4) is 0 Å². The molecule has 3 rings (SSSR count). The van der Waals surface area contributed by atoms with Crippen molar-refractivity contribution >= 4 is 25.7 Å². The Morgan fingerprint density at radius 1 is 0.972 bits per heavy atom. The number of nitrogens with zero attached hydrogens (tertiary/aromatic N) is 3. The van der Waals surface area contributed by atoms with Crippen LogP contribution in [0.1, 0.15) is 25.0 Å². The van der Waals surface area contributed by atoms with E-state index in [1.54, 1.807) is 18.7 Å². The largest absolute Gasteiger partial charge is 0.416 e. The van der Waals surface area contributed by atoms with Crippen LogP contribution < -0.4 is 4.90 Å². The summed E-state index contributed by atoms with van der Waals surface area (Å²) in [6.45, 7) is 3.77. The molecule has 200 valence electrons.